The molecular weight excluding hydrogens is 496 g/mol. The summed E-state index contributed by atoms with van der Waals surface area (Å²) in [6.45, 7) is 3.18. The van der Waals surface area contributed by atoms with Gasteiger partial charge in [0.15, 0.2) is 0 Å². The molecule has 38 heavy (non-hydrogen) atoms. The van der Waals surface area contributed by atoms with Gasteiger partial charge >= 0.3 is 0 Å². The van der Waals surface area contributed by atoms with Crippen molar-refractivity contribution < 1.29 is 4.79 Å². The number of thiophene rings is 1. The van der Waals surface area contributed by atoms with Crippen LogP contribution >= 0.6 is 11.3 Å². The molecule has 1 atom stereocenters. The van der Waals surface area contributed by atoms with Crippen molar-refractivity contribution in [2.45, 2.75) is 19.3 Å². The van der Waals surface area contributed by atoms with Crippen molar-refractivity contribution in [2.75, 3.05) is 42.1 Å². The van der Waals surface area contributed by atoms with Gasteiger partial charge in [0.1, 0.15) is 17.0 Å². The Morgan fingerprint density at radius 2 is 1.92 bits per heavy atom. The van der Waals surface area contributed by atoms with Crippen LogP contribution in [0.1, 0.15) is 16.9 Å². The number of nitrogen functional groups attached to an aromatic ring is 1. The van der Waals surface area contributed by atoms with E-state index in [1.807, 2.05) is 30.5 Å². The van der Waals surface area contributed by atoms with Gasteiger partial charge in [0.25, 0.3) is 0 Å². The molecule has 192 valence electrons. The number of aromatic nitrogens is 4. The number of hydrogen-bond donors (Lipinski definition) is 3. The number of piperazine rings is 1. The van der Waals surface area contributed by atoms with Gasteiger partial charge in [-0.1, -0.05) is 0 Å². The van der Waals surface area contributed by atoms with Crippen molar-refractivity contribution in [3.8, 4) is 0 Å². The van der Waals surface area contributed by atoms with Crippen LogP contribution in [0, 0.1) is 5.92 Å². The number of amides is 1. The minimum absolute atomic E-state index is 0.0199. The van der Waals surface area contributed by atoms with Gasteiger partial charge in [0.2, 0.25) is 5.91 Å². The van der Waals surface area contributed by atoms with Crippen LogP contribution in [0.15, 0.2) is 55.0 Å². The normalized spacial score (nSPS) is 17.6. The van der Waals surface area contributed by atoms with Crippen LogP contribution in [0.5, 0.6) is 0 Å². The number of carbonyl (C=O) groups excluding carboxylic acids is 1. The lowest BCUT2D eigenvalue weighted by Gasteiger charge is -2.38. The highest BCUT2D eigenvalue weighted by Gasteiger charge is 2.33. The van der Waals surface area contributed by atoms with Gasteiger partial charge in [0, 0.05) is 59.4 Å². The number of rotatable bonds is 4. The molecule has 9 nitrogen and oxygen atoms in total. The van der Waals surface area contributed by atoms with Crippen LogP contribution in [0.25, 0.3) is 21.1 Å². The first kappa shape index (κ1) is 23.0. The number of fused-ring (bicyclic) bond motifs is 4. The molecule has 1 unspecified atom stereocenters. The number of carbonyl (C=O) groups is 1. The molecule has 10 heteroatoms. The molecule has 4 N–H and O–H groups in total. The molecule has 0 saturated carbocycles. The van der Waals surface area contributed by atoms with E-state index in [0.717, 1.165) is 89.4 Å². The van der Waals surface area contributed by atoms with Crippen molar-refractivity contribution in [1.82, 2.24) is 25.1 Å². The van der Waals surface area contributed by atoms with Gasteiger partial charge in [-0.2, -0.15) is 5.10 Å². The quantitative estimate of drug-likeness (QED) is 0.299. The number of nitrogens with two attached hydrogens (primary N) is 1. The van der Waals surface area contributed by atoms with Crippen LogP contribution < -0.4 is 16.0 Å². The zero-order valence-electron chi connectivity index (χ0n) is 20.9. The van der Waals surface area contributed by atoms with Crippen LogP contribution in [0.3, 0.4) is 0 Å². The third-order valence-corrected chi connectivity index (χ3v) is 8.91. The molecule has 1 aliphatic heterocycles. The molecule has 0 spiro atoms. The highest BCUT2D eigenvalue weighted by atomic mass is 32.1. The van der Waals surface area contributed by atoms with Crippen LogP contribution in [-0.2, 0) is 17.6 Å². The Morgan fingerprint density at radius 3 is 2.76 bits per heavy atom. The summed E-state index contributed by atoms with van der Waals surface area (Å²) < 4.78 is 0. The molecule has 5 aromatic rings. The van der Waals surface area contributed by atoms with E-state index in [2.05, 4.69) is 53.5 Å². The Labute approximate surface area is 223 Å². The standard InChI is InChI=1S/C28H28N8OS/c29-19-2-5-21(6-3-19)35-9-11-36(12-10-35)28(37)17-1-7-22-24(14-17)38-27-25(22)26(30-16-31-27)33-20-4-8-23-18(13-20)15-32-34-23/h2-6,8,13,15-17H,1,7,9-12,14,29H2,(H,32,34)(H,30,31,33). The van der Waals surface area contributed by atoms with E-state index in [9.17, 15) is 4.79 Å². The number of H-pyrrole nitrogens is 1. The summed E-state index contributed by atoms with van der Waals surface area (Å²) in [5.41, 5.74) is 11.0. The first-order chi connectivity index (χ1) is 18.6. The third kappa shape index (κ3) is 4.10. The molecule has 3 aromatic heterocycles. The van der Waals surface area contributed by atoms with E-state index in [1.54, 1.807) is 17.7 Å². The average molecular weight is 525 g/mol. The second-order valence-corrected chi connectivity index (χ2v) is 11.1. The predicted octanol–water partition coefficient (Wildman–Crippen LogP) is 4.35. The Hall–Kier alpha value is -4.18. The summed E-state index contributed by atoms with van der Waals surface area (Å²) in [7, 11) is 0. The summed E-state index contributed by atoms with van der Waals surface area (Å²) >= 11 is 1.70. The zero-order chi connectivity index (χ0) is 25.6. The van der Waals surface area contributed by atoms with Crippen LogP contribution in [0.4, 0.5) is 22.9 Å². The molecule has 2 aromatic carbocycles. The molecule has 0 bridgehead atoms. The number of nitrogens with one attached hydrogen (secondary N) is 2. The topological polar surface area (TPSA) is 116 Å². The SMILES string of the molecule is Nc1ccc(N2CCN(C(=O)C3CCc4c(sc5ncnc(Nc6ccc7[nH]ncc7c6)c45)C3)CC2)cc1. The lowest BCUT2D eigenvalue weighted by molar-refractivity contribution is -0.136. The summed E-state index contributed by atoms with van der Waals surface area (Å²) in [4.78, 5) is 29.3. The number of nitrogens with zero attached hydrogens (tertiary/aromatic N) is 5. The number of anilines is 4. The van der Waals surface area contributed by atoms with Gasteiger partial charge in [-0.25, -0.2) is 9.97 Å². The fourth-order valence-corrected chi connectivity index (χ4v) is 6.97. The highest BCUT2D eigenvalue weighted by molar-refractivity contribution is 7.19. The summed E-state index contributed by atoms with van der Waals surface area (Å²) in [6.07, 6.45) is 5.92. The molecule has 4 heterocycles. The lowest BCUT2D eigenvalue weighted by atomic mass is 9.86. The first-order valence-electron chi connectivity index (χ1n) is 13.0. The fourth-order valence-electron chi connectivity index (χ4n) is 5.70. The smallest absolute Gasteiger partial charge is 0.226 e. The van der Waals surface area contributed by atoms with Gasteiger partial charge < -0.3 is 20.9 Å². The second kappa shape index (κ2) is 9.29. The van der Waals surface area contributed by atoms with Gasteiger partial charge in [-0.3, -0.25) is 9.89 Å². The molecule has 2 aliphatic rings. The third-order valence-electron chi connectivity index (χ3n) is 7.75. The summed E-state index contributed by atoms with van der Waals surface area (Å²) in [5, 5.41) is 12.7. The maximum absolute atomic E-state index is 13.5. The zero-order valence-corrected chi connectivity index (χ0v) is 21.7. The minimum Gasteiger partial charge on any atom is -0.399 e. The van der Waals surface area contributed by atoms with Crippen molar-refractivity contribution in [3.63, 3.8) is 0 Å². The average Bonchev–Trinajstić information content (AvgIpc) is 3.57. The molecule has 0 radical (unpaired) electrons. The van der Waals surface area contributed by atoms with E-state index in [4.69, 9.17) is 5.73 Å². The van der Waals surface area contributed by atoms with E-state index in [1.165, 1.54) is 10.4 Å². The van der Waals surface area contributed by atoms with Crippen LogP contribution in [0.2, 0.25) is 0 Å². The second-order valence-electron chi connectivity index (χ2n) is 10.0. The van der Waals surface area contributed by atoms with E-state index in [0.29, 0.717) is 0 Å². The monoisotopic (exact) mass is 524 g/mol. The number of hydrogen-bond acceptors (Lipinski definition) is 8. The lowest BCUT2D eigenvalue weighted by Crippen LogP contribution is -2.51. The number of aryl methyl sites for hydroxylation is 1. The summed E-state index contributed by atoms with van der Waals surface area (Å²) in [6, 6.07) is 14.1. The molecule has 7 rings (SSSR count). The largest absolute Gasteiger partial charge is 0.399 e. The number of benzene rings is 2. The van der Waals surface area contributed by atoms with E-state index >= 15 is 0 Å². The maximum Gasteiger partial charge on any atom is 0.226 e. The number of aromatic amines is 1. The Morgan fingerprint density at radius 1 is 1.08 bits per heavy atom. The Balaban J connectivity index is 1.06. The highest BCUT2D eigenvalue weighted by Crippen LogP contribution is 2.41. The van der Waals surface area contributed by atoms with Gasteiger partial charge in [-0.05, 0) is 67.3 Å². The molecule has 1 amide bonds. The van der Waals surface area contributed by atoms with Crippen molar-refractivity contribution >= 4 is 61.2 Å². The van der Waals surface area contributed by atoms with Crippen LogP contribution in [-0.4, -0.2) is 57.2 Å². The molecule has 1 aliphatic carbocycles. The summed E-state index contributed by atoms with van der Waals surface area (Å²) in [5.74, 6) is 1.12. The fraction of sp³-hybridized carbons (Fsp3) is 0.286. The van der Waals surface area contributed by atoms with E-state index < -0.39 is 0 Å². The molecule has 1 fully saturated rings. The first-order valence-corrected chi connectivity index (χ1v) is 13.8. The Kier molecular flexibility index (Phi) is 5.61. The molecule has 1 saturated heterocycles. The van der Waals surface area contributed by atoms with Crippen molar-refractivity contribution in [1.29, 1.82) is 0 Å². The Bertz CT molecular complexity index is 1630. The van der Waals surface area contributed by atoms with Gasteiger partial charge in [-0.15, -0.1) is 11.3 Å². The molecular formula is C28H28N8OS. The van der Waals surface area contributed by atoms with E-state index in [-0.39, 0.29) is 11.8 Å². The van der Waals surface area contributed by atoms with Crippen molar-refractivity contribution in [3.05, 3.63) is 65.4 Å². The van der Waals surface area contributed by atoms with Gasteiger partial charge in [0.05, 0.1) is 17.1 Å². The maximum atomic E-state index is 13.5. The predicted molar refractivity (Wildman–Crippen MR) is 152 cm³/mol. The van der Waals surface area contributed by atoms with Crippen molar-refractivity contribution in [2.24, 2.45) is 5.92 Å². The minimum atomic E-state index is 0.0199.